The summed E-state index contributed by atoms with van der Waals surface area (Å²) in [6, 6.07) is 0. The summed E-state index contributed by atoms with van der Waals surface area (Å²) in [7, 11) is 0. The molecule has 2 heterocycles. The lowest BCUT2D eigenvalue weighted by molar-refractivity contribution is -0.00804. The quantitative estimate of drug-likeness (QED) is 0.690. The van der Waals surface area contributed by atoms with Gasteiger partial charge in [-0.2, -0.15) is 11.8 Å². The van der Waals surface area contributed by atoms with Crippen molar-refractivity contribution < 1.29 is 9.53 Å². The largest absolute Gasteiger partial charge is 0.444 e. The van der Waals surface area contributed by atoms with Gasteiger partial charge in [0.25, 0.3) is 0 Å². The summed E-state index contributed by atoms with van der Waals surface area (Å²) in [5.74, 6) is 4.16. The lowest BCUT2D eigenvalue weighted by Gasteiger charge is -2.46. The van der Waals surface area contributed by atoms with Crippen LogP contribution in [-0.2, 0) is 4.74 Å². The average Bonchev–Trinajstić information content (AvgIpc) is 1.86. The summed E-state index contributed by atoms with van der Waals surface area (Å²) in [6.45, 7) is 7.53. The maximum absolute atomic E-state index is 11.6. The topological polar surface area (TPSA) is 29.5 Å². The van der Waals surface area contributed by atoms with E-state index >= 15 is 0 Å². The van der Waals surface area contributed by atoms with Gasteiger partial charge in [-0.05, 0) is 44.1 Å². The molecule has 0 saturated carbocycles. The van der Waals surface area contributed by atoms with Crippen molar-refractivity contribution in [3.05, 3.63) is 0 Å². The Kier molecular flexibility index (Phi) is 2.88. The number of amides is 1. The van der Waals surface area contributed by atoms with Crippen molar-refractivity contribution >= 4 is 17.9 Å². The molecule has 2 fully saturated rings. The molecule has 0 aliphatic carbocycles. The highest BCUT2D eigenvalue weighted by Gasteiger charge is 2.40. The van der Waals surface area contributed by atoms with Gasteiger partial charge in [-0.3, -0.25) is 0 Å². The Bertz CT molecular complexity index is 252. The van der Waals surface area contributed by atoms with Crippen LogP contribution in [0.25, 0.3) is 0 Å². The number of hydrogen-bond acceptors (Lipinski definition) is 3. The van der Waals surface area contributed by atoms with Crippen molar-refractivity contribution in [3.8, 4) is 0 Å². The Morgan fingerprint density at radius 2 is 1.87 bits per heavy atom. The van der Waals surface area contributed by atoms with E-state index in [2.05, 4.69) is 0 Å². The summed E-state index contributed by atoms with van der Waals surface area (Å²) >= 11 is 2.01. The molecule has 2 saturated heterocycles. The molecule has 0 spiro atoms. The molecule has 0 unspecified atom stereocenters. The average molecular weight is 229 g/mol. The van der Waals surface area contributed by atoms with Crippen LogP contribution in [0.1, 0.15) is 20.8 Å². The maximum Gasteiger partial charge on any atom is 0.410 e. The van der Waals surface area contributed by atoms with Gasteiger partial charge in [-0.25, -0.2) is 4.79 Å². The highest BCUT2D eigenvalue weighted by Crippen LogP contribution is 2.36. The molecule has 2 aliphatic heterocycles. The van der Waals surface area contributed by atoms with Gasteiger partial charge in [0.15, 0.2) is 0 Å². The standard InChI is InChI=1S/C11H19NO2S/c1-11(2,3)14-10(13)12-4-8(5-12)9-6-15-7-9/h8-9H,4-7H2,1-3H3. The van der Waals surface area contributed by atoms with Crippen LogP contribution in [0.3, 0.4) is 0 Å². The van der Waals surface area contributed by atoms with E-state index < -0.39 is 0 Å². The van der Waals surface area contributed by atoms with E-state index in [1.807, 2.05) is 37.4 Å². The smallest absolute Gasteiger partial charge is 0.410 e. The Hall–Kier alpha value is -0.380. The minimum atomic E-state index is -0.367. The van der Waals surface area contributed by atoms with E-state index in [0.717, 1.165) is 24.9 Å². The summed E-state index contributed by atoms with van der Waals surface area (Å²) in [5, 5.41) is 0. The lowest BCUT2D eigenvalue weighted by atomic mass is 9.88. The molecule has 0 aromatic heterocycles. The predicted octanol–water partition coefficient (Wildman–Crippen LogP) is 2.22. The summed E-state index contributed by atoms with van der Waals surface area (Å²) in [4.78, 5) is 13.4. The van der Waals surface area contributed by atoms with E-state index in [4.69, 9.17) is 4.74 Å². The summed E-state index contributed by atoms with van der Waals surface area (Å²) < 4.78 is 5.30. The summed E-state index contributed by atoms with van der Waals surface area (Å²) in [5.41, 5.74) is -0.367. The van der Waals surface area contributed by atoms with Gasteiger partial charge in [0, 0.05) is 13.1 Å². The first-order valence-corrected chi connectivity index (χ1v) is 6.67. The normalized spacial score (nSPS) is 23.3. The van der Waals surface area contributed by atoms with Crippen molar-refractivity contribution in [1.82, 2.24) is 4.90 Å². The van der Waals surface area contributed by atoms with Crippen molar-refractivity contribution in [1.29, 1.82) is 0 Å². The van der Waals surface area contributed by atoms with Gasteiger partial charge in [0.1, 0.15) is 5.60 Å². The van der Waals surface area contributed by atoms with Crippen LogP contribution in [0.2, 0.25) is 0 Å². The van der Waals surface area contributed by atoms with Gasteiger partial charge >= 0.3 is 6.09 Å². The third kappa shape index (κ3) is 2.60. The SMILES string of the molecule is CC(C)(C)OC(=O)N1CC(C2CSC2)C1. The molecule has 2 rings (SSSR count). The van der Waals surface area contributed by atoms with Crippen molar-refractivity contribution in [2.24, 2.45) is 11.8 Å². The second-order valence-electron chi connectivity index (χ2n) is 5.44. The van der Waals surface area contributed by atoms with Crippen molar-refractivity contribution in [3.63, 3.8) is 0 Å². The monoisotopic (exact) mass is 229 g/mol. The molecule has 0 bridgehead atoms. The second kappa shape index (κ2) is 3.89. The van der Waals surface area contributed by atoms with Crippen LogP contribution < -0.4 is 0 Å². The molecule has 3 nitrogen and oxygen atoms in total. The molecular formula is C11H19NO2S. The second-order valence-corrected chi connectivity index (χ2v) is 6.52. The third-order valence-corrected chi connectivity index (χ3v) is 4.22. The summed E-state index contributed by atoms with van der Waals surface area (Å²) in [6.07, 6.45) is -0.147. The number of ether oxygens (including phenoxy) is 1. The van der Waals surface area contributed by atoms with Crippen LogP contribution >= 0.6 is 11.8 Å². The number of carbonyl (C=O) groups excluding carboxylic acids is 1. The van der Waals surface area contributed by atoms with Crippen LogP contribution in [0.15, 0.2) is 0 Å². The number of likely N-dealkylation sites (tertiary alicyclic amines) is 1. The molecular weight excluding hydrogens is 210 g/mol. The van der Waals surface area contributed by atoms with E-state index in [0.29, 0.717) is 0 Å². The number of carbonyl (C=O) groups is 1. The molecule has 4 heteroatoms. The van der Waals surface area contributed by atoms with Gasteiger partial charge in [0.2, 0.25) is 0 Å². The fourth-order valence-electron chi connectivity index (χ4n) is 1.81. The van der Waals surface area contributed by atoms with Gasteiger partial charge in [-0.1, -0.05) is 0 Å². The number of hydrogen-bond donors (Lipinski definition) is 0. The van der Waals surface area contributed by atoms with Crippen molar-refractivity contribution in [2.75, 3.05) is 24.6 Å². The highest BCUT2D eigenvalue weighted by atomic mass is 32.2. The van der Waals surface area contributed by atoms with Gasteiger partial charge in [-0.15, -0.1) is 0 Å². The van der Waals surface area contributed by atoms with Crippen LogP contribution in [0, 0.1) is 11.8 Å². The van der Waals surface area contributed by atoms with Crippen LogP contribution in [-0.4, -0.2) is 41.2 Å². The highest BCUT2D eigenvalue weighted by molar-refractivity contribution is 8.00. The Balaban J connectivity index is 1.71. The Morgan fingerprint density at radius 1 is 1.27 bits per heavy atom. The van der Waals surface area contributed by atoms with E-state index in [-0.39, 0.29) is 11.7 Å². The Labute approximate surface area is 95.5 Å². The first-order valence-electron chi connectivity index (χ1n) is 5.51. The van der Waals surface area contributed by atoms with Crippen molar-refractivity contribution in [2.45, 2.75) is 26.4 Å². The van der Waals surface area contributed by atoms with E-state index in [9.17, 15) is 4.79 Å². The number of rotatable bonds is 1. The zero-order valence-electron chi connectivity index (χ0n) is 9.66. The maximum atomic E-state index is 11.6. The fraction of sp³-hybridized carbons (Fsp3) is 0.909. The first-order chi connectivity index (χ1) is 6.96. The van der Waals surface area contributed by atoms with Gasteiger partial charge < -0.3 is 9.64 Å². The van der Waals surface area contributed by atoms with Crippen LogP contribution in [0.4, 0.5) is 4.79 Å². The van der Waals surface area contributed by atoms with Crippen LogP contribution in [0.5, 0.6) is 0 Å². The lowest BCUT2D eigenvalue weighted by Crippen LogP contribution is -2.55. The minimum absolute atomic E-state index is 0.147. The molecule has 0 radical (unpaired) electrons. The fourth-order valence-corrected chi connectivity index (χ4v) is 2.86. The molecule has 0 aromatic rings. The minimum Gasteiger partial charge on any atom is -0.444 e. The first kappa shape index (κ1) is 11.1. The molecule has 2 aliphatic rings. The molecule has 0 atom stereocenters. The third-order valence-electron chi connectivity index (χ3n) is 2.89. The Morgan fingerprint density at radius 3 is 2.27 bits per heavy atom. The molecule has 15 heavy (non-hydrogen) atoms. The number of thioether (sulfide) groups is 1. The molecule has 86 valence electrons. The zero-order chi connectivity index (χ0) is 11.1. The molecule has 0 aromatic carbocycles. The number of nitrogens with zero attached hydrogens (tertiary/aromatic N) is 1. The van der Waals surface area contributed by atoms with E-state index in [1.54, 1.807) is 0 Å². The zero-order valence-corrected chi connectivity index (χ0v) is 10.5. The molecule has 0 N–H and O–H groups in total. The predicted molar refractivity (Wildman–Crippen MR) is 62.1 cm³/mol. The van der Waals surface area contributed by atoms with E-state index in [1.165, 1.54) is 11.5 Å². The molecule has 1 amide bonds. The van der Waals surface area contributed by atoms with Gasteiger partial charge in [0.05, 0.1) is 0 Å².